The molecule has 0 amide bonds. The van der Waals surface area contributed by atoms with Crippen LogP contribution in [0.1, 0.15) is 42.6 Å². The fraction of sp³-hybridized carbons (Fsp3) is 0.400. The first-order valence-electron chi connectivity index (χ1n) is 12.2. The summed E-state index contributed by atoms with van der Waals surface area (Å²) in [4.78, 5) is 17.6. The number of aryl methyl sites for hydroxylation is 3. The van der Waals surface area contributed by atoms with Gasteiger partial charge in [0.1, 0.15) is 11.4 Å². The summed E-state index contributed by atoms with van der Waals surface area (Å²) in [6, 6.07) is 11.6. The predicted octanol–water partition coefficient (Wildman–Crippen LogP) is 3.10. The molecule has 0 bridgehead atoms. The van der Waals surface area contributed by atoms with Gasteiger partial charge in [-0.1, -0.05) is 28.0 Å². The van der Waals surface area contributed by atoms with Gasteiger partial charge in [0, 0.05) is 7.05 Å². The minimum atomic E-state index is -0.754. The number of anilines is 1. The number of tetrazole rings is 1. The number of hydrogen-bond acceptors (Lipinski definition) is 9. The lowest BCUT2D eigenvalue weighted by Gasteiger charge is -2.27. The quantitative estimate of drug-likeness (QED) is 0.368. The van der Waals surface area contributed by atoms with Crippen molar-refractivity contribution in [2.75, 3.05) is 5.32 Å². The molecule has 12 nitrogen and oxygen atoms in total. The number of aliphatic carboxylic acids is 1. The molecule has 1 fully saturated rings. The molecule has 2 N–H and O–H groups in total. The van der Waals surface area contributed by atoms with E-state index in [9.17, 15) is 9.90 Å². The third kappa shape index (κ3) is 5.42. The predicted molar refractivity (Wildman–Crippen MR) is 134 cm³/mol. The molecule has 2 atom stereocenters. The standard InChI is InChI=1S/C25H29N9O3/c1-15-7-9-18(10-8-15)34-30-25(29-32-34)26-14-21-23(28-31-33(21)3)20-11-12-22(16(2)27-20)37-19-6-4-5-17(13-19)24(35)36/h7-12,17,19H,4-6,13-14H2,1-3H3,(H,26,30)(H,35,36)/t17-,19-/m0/s1. The molecule has 5 rings (SSSR count). The second-order valence-corrected chi connectivity index (χ2v) is 9.32. The average molecular weight is 504 g/mol. The molecule has 0 aliphatic heterocycles. The fourth-order valence-electron chi connectivity index (χ4n) is 4.47. The minimum Gasteiger partial charge on any atom is -0.489 e. The summed E-state index contributed by atoms with van der Waals surface area (Å²) < 4.78 is 7.82. The Labute approximate surface area is 213 Å². The first-order chi connectivity index (χ1) is 17.9. The Bertz CT molecular complexity index is 1400. The molecule has 1 aliphatic carbocycles. The van der Waals surface area contributed by atoms with Gasteiger partial charge in [-0.3, -0.25) is 4.79 Å². The molecule has 1 aromatic carbocycles. The molecule has 3 heterocycles. The van der Waals surface area contributed by atoms with Gasteiger partial charge < -0.3 is 15.2 Å². The second-order valence-electron chi connectivity index (χ2n) is 9.32. The zero-order valence-electron chi connectivity index (χ0n) is 21.0. The van der Waals surface area contributed by atoms with Gasteiger partial charge in [0.2, 0.25) is 0 Å². The van der Waals surface area contributed by atoms with Gasteiger partial charge in [0.15, 0.2) is 0 Å². The van der Waals surface area contributed by atoms with Gasteiger partial charge in [-0.25, -0.2) is 9.67 Å². The maximum Gasteiger partial charge on any atom is 0.306 e. The minimum absolute atomic E-state index is 0.127. The second kappa shape index (κ2) is 10.3. The number of rotatable bonds is 8. The van der Waals surface area contributed by atoms with E-state index in [1.165, 1.54) is 4.80 Å². The van der Waals surface area contributed by atoms with E-state index in [-0.39, 0.29) is 12.0 Å². The summed E-state index contributed by atoms with van der Waals surface area (Å²) >= 11 is 0. The number of aromatic nitrogens is 8. The molecule has 0 spiro atoms. The van der Waals surface area contributed by atoms with Gasteiger partial charge in [0.05, 0.1) is 41.3 Å². The zero-order valence-corrected chi connectivity index (χ0v) is 21.0. The largest absolute Gasteiger partial charge is 0.489 e. The molecule has 1 saturated carbocycles. The highest BCUT2D eigenvalue weighted by Gasteiger charge is 2.28. The lowest BCUT2D eigenvalue weighted by molar-refractivity contribution is -0.143. The Hall–Kier alpha value is -4.35. The number of carboxylic acids is 1. The number of ether oxygens (including phenoxy) is 1. The van der Waals surface area contributed by atoms with Crippen molar-refractivity contribution in [3.8, 4) is 22.8 Å². The molecule has 0 unspecified atom stereocenters. The highest BCUT2D eigenvalue weighted by Crippen LogP contribution is 2.30. The fourth-order valence-corrected chi connectivity index (χ4v) is 4.47. The molecular weight excluding hydrogens is 474 g/mol. The van der Waals surface area contributed by atoms with E-state index in [1.54, 1.807) is 4.68 Å². The van der Waals surface area contributed by atoms with Crippen molar-refractivity contribution in [2.45, 2.75) is 52.2 Å². The SMILES string of the molecule is Cc1ccc(-n2nnc(NCc3c(-c4ccc(O[C@H]5CCC[C@H](C(=O)O)C5)c(C)n4)nnn3C)n2)cc1. The number of nitrogens with zero attached hydrogens (tertiary/aromatic N) is 8. The number of nitrogens with one attached hydrogen (secondary N) is 1. The van der Waals surface area contributed by atoms with E-state index in [1.807, 2.05) is 57.3 Å². The molecule has 0 radical (unpaired) electrons. The van der Waals surface area contributed by atoms with Crippen LogP contribution in [0.15, 0.2) is 36.4 Å². The van der Waals surface area contributed by atoms with Crippen LogP contribution in [0.3, 0.4) is 0 Å². The average Bonchev–Trinajstić information content (AvgIpc) is 3.51. The van der Waals surface area contributed by atoms with Crippen molar-refractivity contribution >= 4 is 11.9 Å². The van der Waals surface area contributed by atoms with Gasteiger partial charge in [0.25, 0.3) is 5.95 Å². The van der Waals surface area contributed by atoms with Crippen molar-refractivity contribution in [1.29, 1.82) is 0 Å². The van der Waals surface area contributed by atoms with Crippen LogP contribution in [0.2, 0.25) is 0 Å². The van der Waals surface area contributed by atoms with Crippen LogP contribution in [-0.4, -0.2) is 57.4 Å². The van der Waals surface area contributed by atoms with Crippen molar-refractivity contribution in [3.63, 3.8) is 0 Å². The van der Waals surface area contributed by atoms with Gasteiger partial charge in [-0.05, 0) is 69.0 Å². The Kier molecular flexibility index (Phi) is 6.80. The number of carbonyl (C=O) groups is 1. The first kappa shape index (κ1) is 24.3. The number of hydrogen-bond donors (Lipinski definition) is 2. The van der Waals surface area contributed by atoms with Crippen LogP contribution < -0.4 is 10.1 Å². The summed E-state index contributed by atoms with van der Waals surface area (Å²) in [5.74, 6) is -0.0721. The molecule has 12 heteroatoms. The van der Waals surface area contributed by atoms with Crippen molar-refractivity contribution in [3.05, 3.63) is 53.3 Å². The van der Waals surface area contributed by atoms with Crippen LogP contribution >= 0.6 is 0 Å². The summed E-state index contributed by atoms with van der Waals surface area (Å²) in [6.07, 6.45) is 2.77. The number of benzene rings is 1. The zero-order chi connectivity index (χ0) is 25.9. The summed E-state index contributed by atoms with van der Waals surface area (Å²) in [7, 11) is 1.82. The molecule has 4 aromatic rings. The third-order valence-electron chi connectivity index (χ3n) is 6.58. The summed E-state index contributed by atoms with van der Waals surface area (Å²) in [5.41, 5.74) is 4.80. The van der Waals surface area contributed by atoms with E-state index in [4.69, 9.17) is 9.72 Å². The first-order valence-corrected chi connectivity index (χ1v) is 12.2. The van der Waals surface area contributed by atoms with Crippen molar-refractivity contribution in [1.82, 2.24) is 40.2 Å². The lowest BCUT2D eigenvalue weighted by atomic mass is 9.87. The van der Waals surface area contributed by atoms with Crippen molar-refractivity contribution in [2.24, 2.45) is 13.0 Å². The maximum atomic E-state index is 11.4. The monoisotopic (exact) mass is 503 g/mol. The maximum absolute atomic E-state index is 11.4. The Morgan fingerprint density at radius 3 is 2.68 bits per heavy atom. The van der Waals surface area contributed by atoms with Crippen molar-refractivity contribution < 1.29 is 14.6 Å². The van der Waals surface area contributed by atoms with Gasteiger partial charge in [-0.2, -0.15) is 0 Å². The summed E-state index contributed by atoms with van der Waals surface area (Å²) in [6.45, 7) is 4.27. The van der Waals surface area contributed by atoms with Crippen LogP contribution in [0.4, 0.5) is 5.95 Å². The van der Waals surface area contributed by atoms with E-state index in [0.29, 0.717) is 48.2 Å². The van der Waals surface area contributed by atoms with E-state index >= 15 is 0 Å². The van der Waals surface area contributed by atoms with Gasteiger partial charge >= 0.3 is 5.97 Å². The molecule has 37 heavy (non-hydrogen) atoms. The third-order valence-corrected chi connectivity index (χ3v) is 6.58. The highest BCUT2D eigenvalue weighted by molar-refractivity contribution is 5.70. The Morgan fingerprint density at radius 2 is 1.92 bits per heavy atom. The highest BCUT2D eigenvalue weighted by atomic mass is 16.5. The van der Waals surface area contributed by atoms with Crippen LogP contribution in [0, 0.1) is 19.8 Å². The summed E-state index contributed by atoms with van der Waals surface area (Å²) in [5, 5.41) is 33.6. The number of pyridine rings is 1. The van der Waals surface area contributed by atoms with E-state index in [0.717, 1.165) is 29.8 Å². The molecule has 3 aromatic heterocycles. The van der Waals surface area contributed by atoms with Crippen LogP contribution in [0.5, 0.6) is 5.75 Å². The Morgan fingerprint density at radius 1 is 1.11 bits per heavy atom. The number of carboxylic acid groups (broad SMARTS) is 1. The topological polar surface area (TPSA) is 146 Å². The molecule has 1 aliphatic rings. The van der Waals surface area contributed by atoms with E-state index < -0.39 is 5.97 Å². The molecular formula is C25H29N9O3. The van der Waals surface area contributed by atoms with Crippen LogP contribution in [0.25, 0.3) is 17.1 Å². The van der Waals surface area contributed by atoms with Gasteiger partial charge in [-0.15, -0.1) is 15.0 Å². The normalized spacial score (nSPS) is 17.5. The smallest absolute Gasteiger partial charge is 0.306 e. The lowest BCUT2D eigenvalue weighted by Crippen LogP contribution is -2.29. The molecule has 0 saturated heterocycles. The van der Waals surface area contributed by atoms with Crippen LogP contribution in [-0.2, 0) is 18.4 Å². The Balaban J connectivity index is 1.28. The van der Waals surface area contributed by atoms with E-state index in [2.05, 4.69) is 31.0 Å². The molecule has 192 valence electrons.